The minimum Gasteiger partial charge on any atom is -0.363 e. The molecule has 0 N–H and O–H groups in total. The van der Waals surface area contributed by atoms with Gasteiger partial charge in [-0.2, -0.15) is 0 Å². The van der Waals surface area contributed by atoms with E-state index >= 15 is 0 Å². The first kappa shape index (κ1) is 9.01. The molecule has 0 aliphatic carbocycles. The van der Waals surface area contributed by atoms with Crippen LogP contribution in [0.25, 0.3) is 0 Å². The highest BCUT2D eigenvalue weighted by molar-refractivity contribution is 4.67. The van der Waals surface area contributed by atoms with Crippen molar-refractivity contribution >= 4 is 0 Å². The summed E-state index contributed by atoms with van der Waals surface area (Å²) in [5.74, 6) is 0. The summed E-state index contributed by atoms with van der Waals surface area (Å²) in [6, 6.07) is 0.614. The lowest BCUT2D eigenvalue weighted by Gasteiger charge is -2.29. The smallest absolute Gasteiger partial charge is 0.107 e. The molecule has 1 aliphatic heterocycles. The van der Waals surface area contributed by atoms with Gasteiger partial charge in [-0.15, -0.1) is 0 Å². The number of rotatable bonds is 1. The second-order valence-electron chi connectivity index (χ2n) is 3.51. The van der Waals surface area contributed by atoms with Gasteiger partial charge in [0.15, 0.2) is 0 Å². The van der Waals surface area contributed by atoms with E-state index in [2.05, 4.69) is 25.7 Å². The first-order valence-corrected chi connectivity index (χ1v) is 4.59. The van der Waals surface area contributed by atoms with Crippen LogP contribution in [0.3, 0.4) is 0 Å². The van der Waals surface area contributed by atoms with Gasteiger partial charge in [0.2, 0.25) is 0 Å². The van der Waals surface area contributed by atoms with Crippen LogP contribution >= 0.6 is 0 Å². The van der Waals surface area contributed by atoms with Gasteiger partial charge in [-0.3, -0.25) is 4.90 Å². The van der Waals surface area contributed by atoms with Crippen molar-refractivity contribution in [1.29, 1.82) is 0 Å². The summed E-state index contributed by atoms with van der Waals surface area (Å²) in [6.07, 6.45) is 2.81. The highest BCUT2D eigenvalue weighted by Gasteiger charge is 2.18. The van der Waals surface area contributed by atoms with Gasteiger partial charge in [0.1, 0.15) is 6.23 Å². The summed E-state index contributed by atoms with van der Waals surface area (Å²) in [5, 5.41) is 0. The Hall–Kier alpha value is -0.0800. The van der Waals surface area contributed by atoms with Crippen LogP contribution < -0.4 is 0 Å². The summed E-state index contributed by atoms with van der Waals surface area (Å²) in [7, 11) is 0. The highest BCUT2D eigenvalue weighted by Crippen LogP contribution is 2.12. The van der Waals surface area contributed by atoms with Crippen LogP contribution in [0, 0.1) is 0 Å². The molecule has 0 spiro atoms. The van der Waals surface area contributed by atoms with Crippen molar-refractivity contribution in [3.63, 3.8) is 0 Å². The molecular formula is C9H19NO. The average molecular weight is 157 g/mol. The van der Waals surface area contributed by atoms with Gasteiger partial charge in [-0.05, 0) is 33.6 Å². The molecule has 1 rings (SSSR count). The van der Waals surface area contributed by atoms with E-state index in [0.717, 1.165) is 6.61 Å². The van der Waals surface area contributed by atoms with Gasteiger partial charge >= 0.3 is 0 Å². The van der Waals surface area contributed by atoms with Crippen molar-refractivity contribution in [2.75, 3.05) is 13.2 Å². The molecule has 0 saturated carbocycles. The van der Waals surface area contributed by atoms with E-state index in [1.54, 1.807) is 0 Å². The minimum atomic E-state index is 0.317. The Labute approximate surface area is 69.5 Å². The fourth-order valence-electron chi connectivity index (χ4n) is 1.61. The predicted octanol–water partition coefficient (Wildman–Crippen LogP) is 1.85. The maximum Gasteiger partial charge on any atom is 0.107 e. The molecule has 1 unspecified atom stereocenters. The minimum absolute atomic E-state index is 0.317. The maximum atomic E-state index is 5.60. The molecule has 11 heavy (non-hydrogen) atoms. The summed E-state index contributed by atoms with van der Waals surface area (Å²) in [6.45, 7) is 8.73. The Kier molecular flexibility index (Phi) is 3.34. The van der Waals surface area contributed by atoms with Crippen LogP contribution in [0.4, 0.5) is 0 Å². The van der Waals surface area contributed by atoms with E-state index in [9.17, 15) is 0 Å². The Morgan fingerprint density at radius 2 is 2.09 bits per heavy atom. The second-order valence-corrected chi connectivity index (χ2v) is 3.51. The van der Waals surface area contributed by atoms with E-state index in [1.807, 2.05) is 0 Å². The van der Waals surface area contributed by atoms with Crippen LogP contribution in [-0.2, 0) is 4.74 Å². The molecule has 1 atom stereocenters. The zero-order valence-electron chi connectivity index (χ0n) is 7.84. The molecule has 1 aliphatic rings. The van der Waals surface area contributed by atoms with Gasteiger partial charge < -0.3 is 4.74 Å². The number of nitrogens with zero attached hydrogens (tertiary/aromatic N) is 1. The zero-order valence-corrected chi connectivity index (χ0v) is 7.84. The van der Waals surface area contributed by atoms with Crippen LogP contribution in [0.15, 0.2) is 0 Å². The number of hydrogen-bond acceptors (Lipinski definition) is 2. The van der Waals surface area contributed by atoms with E-state index < -0.39 is 0 Å². The fraction of sp³-hybridized carbons (Fsp3) is 1.00. The van der Waals surface area contributed by atoms with E-state index in [0.29, 0.717) is 12.3 Å². The largest absolute Gasteiger partial charge is 0.363 e. The van der Waals surface area contributed by atoms with Crippen LogP contribution in [-0.4, -0.2) is 30.3 Å². The molecule has 0 aromatic heterocycles. The summed E-state index contributed by atoms with van der Waals surface area (Å²) in [4.78, 5) is 2.41. The van der Waals surface area contributed by atoms with Crippen molar-refractivity contribution in [1.82, 2.24) is 4.90 Å². The first-order chi connectivity index (χ1) is 5.22. The van der Waals surface area contributed by atoms with Crippen LogP contribution in [0.2, 0.25) is 0 Å². The lowest BCUT2D eigenvalue weighted by atomic mass is 10.2. The van der Waals surface area contributed by atoms with Crippen molar-refractivity contribution in [2.45, 2.75) is 45.9 Å². The van der Waals surface area contributed by atoms with Gasteiger partial charge in [-0.1, -0.05) is 0 Å². The number of hydrogen-bond donors (Lipinski definition) is 0. The van der Waals surface area contributed by atoms with E-state index in [1.165, 1.54) is 19.4 Å². The quantitative estimate of drug-likeness (QED) is 0.576. The van der Waals surface area contributed by atoms with Crippen molar-refractivity contribution < 1.29 is 4.74 Å². The Morgan fingerprint density at radius 1 is 1.36 bits per heavy atom. The Balaban J connectivity index is 2.45. The number of ether oxygens (including phenoxy) is 1. The summed E-state index contributed by atoms with van der Waals surface area (Å²) in [5.41, 5.74) is 0. The third-order valence-electron chi connectivity index (χ3n) is 2.30. The molecule has 0 radical (unpaired) electrons. The molecular weight excluding hydrogens is 138 g/mol. The van der Waals surface area contributed by atoms with Crippen LogP contribution in [0.5, 0.6) is 0 Å². The van der Waals surface area contributed by atoms with E-state index in [-0.39, 0.29) is 0 Å². The van der Waals surface area contributed by atoms with Gasteiger partial charge in [0.05, 0.1) is 0 Å². The molecule has 0 aromatic carbocycles. The molecule has 0 bridgehead atoms. The van der Waals surface area contributed by atoms with Gasteiger partial charge in [-0.25, -0.2) is 0 Å². The Morgan fingerprint density at radius 3 is 2.73 bits per heavy atom. The second kappa shape index (κ2) is 4.07. The summed E-state index contributed by atoms with van der Waals surface area (Å²) >= 11 is 0. The SMILES string of the molecule is CC(C)N1CCCCOC1C. The standard InChI is InChI=1S/C9H19NO/c1-8(2)10-6-4-5-7-11-9(10)3/h8-9H,4-7H2,1-3H3. The molecule has 1 fully saturated rings. The van der Waals surface area contributed by atoms with Crippen molar-refractivity contribution in [2.24, 2.45) is 0 Å². The maximum absolute atomic E-state index is 5.60. The average Bonchev–Trinajstić information content (AvgIpc) is 2.13. The molecule has 66 valence electrons. The summed E-state index contributed by atoms with van der Waals surface area (Å²) < 4.78 is 5.60. The molecule has 1 heterocycles. The van der Waals surface area contributed by atoms with Crippen molar-refractivity contribution in [3.05, 3.63) is 0 Å². The van der Waals surface area contributed by atoms with Crippen LogP contribution in [0.1, 0.15) is 33.6 Å². The van der Waals surface area contributed by atoms with Crippen molar-refractivity contribution in [3.8, 4) is 0 Å². The third kappa shape index (κ3) is 2.46. The van der Waals surface area contributed by atoms with E-state index in [4.69, 9.17) is 4.74 Å². The monoisotopic (exact) mass is 157 g/mol. The lowest BCUT2D eigenvalue weighted by molar-refractivity contribution is -0.0442. The lowest BCUT2D eigenvalue weighted by Crippen LogP contribution is -2.39. The zero-order chi connectivity index (χ0) is 8.27. The molecule has 2 nitrogen and oxygen atoms in total. The molecule has 0 aromatic rings. The first-order valence-electron chi connectivity index (χ1n) is 4.59. The molecule has 0 amide bonds. The molecule has 1 saturated heterocycles. The molecule has 2 heteroatoms. The predicted molar refractivity (Wildman–Crippen MR) is 46.5 cm³/mol. The Bertz CT molecular complexity index is 114. The van der Waals surface area contributed by atoms with Gasteiger partial charge in [0, 0.05) is 19.2 Å². The normalized spacial score (nSPS) is 28.9. The third-order valence-corrected chi connectivity index (χ3v) is 2.30. The fourth-order valence-corrected chi connectivity index (χ4v) is 1.61. The highest BCUT2D eigenvalue weighted by atomic mass is 16.5. The van der Waals surface area contributed by atoms with Gasteiger partial charge in [0.25, 0.3) is 0 Å². The topological polar surface area (TPSA) is 12.5 Å².